The third-order valence-electron chi connectivity index (χ3n) is 5.02. The molecule has 7 heteroatoms. The Bertz CT molecular complexity index is 799. The predicted octanol–water partition coefficient (Wildman–Crippen LogP) is 3.84. The van der Waals surface area contributed by atoms with E-state index < -0.39 is 0 Å². The quantitative estimate of drug-likeness (QED) is 0.759. The number of amides is 2. The number of benzene rings is 1. The van der Waals surface area contributed by atoms with Crippen LogP contribution in [0.4, 0.5) is 4.79 Å². The maximum Gasteiger partial charge on any atom is 0.410 e. The smallest absolute Gasteiger partial charge is 0.410 e. The Morgan fingerprint density at radius 3 is 2.46 bits per heavy atom. The Morgan fingerprint density at radius 2 is 1.81 bits per heavy atom. The van der Waals surface area contributed by atoms with Crippen molar-refractivity contribution in [2.75, 3.05) is 19.7 Å². The fourth-order valence-corrected chi connectivity index (χ4v) is 4.01. The largest absolute Gasteiger partial charge is 0.447 e. The molecule has 136 valence electrons. The van der Waals surface area contributed by atoms with E-state index in [0.717, 1.165) is 18.4 Å². The lowest BCUT2D eigenvalue weighted by Crippen LogP contribution is -2.47. The van der Waals surface area contributed by atoms with Gasteiger partial charge in [0.15, 0.2) is 10.4 Å². The molecule has 2 fully saturated rings. The van der Waals surface area contributed by atoms with Crippen LogP contribution in [0.2, 0.25) is 0 Å². The molecule has 0 spiro atoms. The van der Waals surface area contributed by atoms with Crippen molar-refractivity contribution in [3.05, 3.63) is 58.5 Å². The first-order chi connectivity index (χ1) is 12.6. The summed E-state index contributed by atoms with van der Waals surface area (Å²) in [7, 11) is 0. The highest BCUT2D eigenvalue weighted by Crippen LogP contribution is 2.33. The van der Waals surface area contributed by atoms with Gasteiger partial charge in [0.1, 0.15) is 6.61 Å². The van der Waals surface area contributed by atoms with Crippen LogP contribution in [0.15, 0.2) is 51.6 Å². The fourth-order valence-electron chi connectivity index (χ4n) is 3.70. The van der Waals surface area contributed by atoms with Gasteiger partial charge in [-0.1, -0.05) is 30.3 Å². The van der Waals surface area contributed by atoms with Crippen molar-refractivity contribution in [1.82, 2.24) is 9.80 Å². The van der Waals surface area contributed by atoms with E-state index in [0.29, 0.717) is 30.1 Å². The van der Waals surface area contributed by atoms with Crippen LogP contribution in [-0.2, 0) is 4.74 Å². The molecule has 4 rings (SSSR count). The summed E-state index contributed by atoms with van der Waals surface area (Å²) in [5.41, 5.74) is 1.08. The molecule has 1 atom stereocenters. The van der Waals surface area contributed by atoms with Gasteiger partial charge in [-0.2, -0.15) is 0 Å². The predicted molar refractivity (Wildman–Crippen MR) is 97.7 cm³/mol. The highest BCUT2D eigenvalue weighted by atomic mass is 79.9. The lowest BCUT2D eigenvalue weighted by molar-refractivity contribution is 0.0605. The number of rotatable bonds is 3. The van der Waals surface area contributed by atoms with Crippen LogP contribution in [0.5, 0.6) is 0 Å². The van der Waals surface area contributed by atoms with Gasteiger partial charge in [-0.15, -0.1) is 0 Å². The van der Waals surface area contributed by atoms with Crippen molar-refractivity contribution in [3.8, 4) is 0 Å². The maximum absolute atomic E-state index is 12.5. The van der Waals surface area contributed by atoms with Gasteiger partial charge < -0.3 is 14.1 Å². The second kappa shape index (κ2) is 7.15. The van der Waals surface area contributed by atoms with Crippen LogP contribution in [0.3, 0.4) is 0 Å². The third-order valence-corrected chi connectivity index (χ3v) is 5.45. The van der Waals surface area contributed by atoms with Crippen molar-refractivity contribution < 1.29 is 18.7 Å². The summed E-state index contributed by atoms with van der Waals surface area (Å²) < 4.78 is 11.2. The van der Waals surface area contributed by atoms with Gasteiger partial charge in [-0.25, -0.2) is 4.79 Å². The molecule has 0 bridgehead atoms. The zero-order valence-corrected chi connectivity index (χ0v) is 15.7. The monoisotopic (exact) mass is 418 g/mol. The fraction of sp³-hybridized carbons (Fsp3) is 0.368. The molecule has 1 aromatic heterocycles. The highest BCUT2D eigenvalue weighted by Gasteiger charge is 2.40. The molecule has 2 saturated heterocycles. The van der Waals surface area contributed by atoms with Crippen LogP contribution in [0.1, 0.15) is 35.0 Å². The van der Waals surface area contributed by atoms with Crippen LogP contribution >= 0.6 is 15.9 Å². The summed E-state index contributed by atoms with van der Waals surface area (Å²) >= 11 is 3.22. The summed E-state index contributed by atoms with van der Waals surface area (Å²) in [6.45, 7) is 1.56. The second-order valence-electron chi connectivity index (χ2n) is 6.54. The molecule has 0 radical (unpaired) electrons. The minimum absolute atomic E-state index is 0.0584. The van der Waals surface area contributed by atoms with Gasteiger partial charge in [0.05, 0.1) is 6.04 Å². The van der Waals surface area contributed by atoms with Crippen LogP contribution < -0.4 is 0 Å². The van der Waals surface area contributed by atoms with E-state index >= 15 is 0 Å². The zero-order valence-electron chi connectivity index (χ0n) is 14.1. The average molecular weight is 419 g/mol. The van der Waals surface area contributed by atoms with Gasteiger partial charge in [0, 0.05) is 19.1 Å². The van der Waals surface area contributed by atoms with E-state index in [1.807, 2.05) is 35.2 Å². The van der Waals surface area contributed by atoms with Gasteiger partial charge >= 0.3 is 6.09 Å². The van der Waals surface area contributed by atoms with E-state index in [-0.39, 0.29) is 24.1 Å². The third kappa shape index (κ3) is 3.23. The van der Waals surface area contributed by atoms with Crippen LogP contribution in [0.25, 0.3) is 0 Å². The number of carbonyl (C=O) groups is 2. The van der Waals surface area contributed by atoms with E-state index in [2.05, 4.69) is 15.9 Å². The SMILES string of the molecule is O=C(c1ccc(Br)o1)N1CCC(N2C(=O)OCC2c2ccccc2)CC1. The zero-order chi connectivity index (χ0) is 18.1. The molecule has 3 heterocycles. The summed E-state index contributed by atoms with van der Waals surface area (Å²) in [5, 5.41) is 0. The number of cyclic esters (lactones) is 1. The molecule has 0 N–H and O–H groups in total. The Labute approximate surface area is 159 Å². The number of piperidine rings is 1. The molecule has 0 aliphatic carbocycles. The lowest BCUT2D eigenvalue weighted by Gasteiger charge is -2.37. The number of halogens is 1. The molecular weight excluding hydrogens is 400 g/mol. The number of carbonyl (C=O) groups excluding carboxylic acids is 2. The van der Waals surface area contributed by atoms with Crippen molar-refractivity contribution in [3.63, 3.8) is 0 Å². The van der Waals surface area contributed by atoms with Crippen molar-refractivity contribution in [1.29, 1.82) is 0 Å². The first kappa shape index (κ1) is 17.1. The summed E-state index contributed by atoms with van der Waals surface area (Å²) in [5.74, 6) is 0.218. The lowest BCUT2D eigenvalue weighted by atomic mass is 9.99. The van der Waals surface area contributed by atoms with Crippen molar-refractivity contribution in [2.24, 2.45) is 0 Å². The van der Waals surface area contributed by atoms with Crippen molar-refractivity contribution >= 4 is 27.9 Å². The topological polar surface area (TPSA) is 63.0 Å². The van der Waals surface area contributed by atoms with Crippen molar-refractivity contribution in [2.45, 2.75) is 24.9 Å². The van der Waals surface area contributed by atoms with E-state index in [9.17, 15) is 9.59 Å². The number of furan rings is 1. The molecule has 2 aliphatic rings. The Balaban J connectivity index is 1.43. The second-order valence-corrected chi connectivity index (χ2v) is 7.32. The molecule has 2 amide bonds. The van der Waals surface area contributed by atoms with Crippen LogP contribution in [-0.4, -0.2) is 47.5 Å². The molecular formula is C19H19BrN2O4. The minimum Gasteiger partial charge on any atom is -0.447 e. The molecule has 6 nitrogen and oxygen atoms in total. The summed E-state index contributed by atoms with van der Waals surface area (Å²) in [6.07, 6.45) is 1.19. The Morgan fingerprint density at radius 1 is 1.08 bits per heavy atom. The molecule has 0 saturated carbocycles. The first-order valence-electron chi connectivity index (χ1n) is 8.68. The molecule has 1 aromatic carbocycles. The number of nitrogens with zero attached hydrogens (tertiary/aromatic N) is 2. The molecule has 26 heavy (non-hydrogen) atoms. The average Bonchev–Trinajstić information content (AvgIpc) is 3.28. The first-order valence-corrected chi connectivity index (χ1v) is 9.47. The molecule has 1 unspecified atom stereocenters. The van der Waals surface area contributed by atoms with E-state index in [4.69, 9.17) is 9.15 Å². The number of hydrogen-bond acceptors (Lipinski definition) is 4. The van der Waals surface area contributed by atoms with Crippen LogP contribution in [0, 0.1) is 0 Å². The standard InChI is InChI=1S/C19H19BrN2O4/c20-17-7-6-16(26-17)18(23)21-10-8-14(9-11-21)22-15(12-25-19(22)24)13-4-2-1-3-5-13/h1-7,14-15H,8-12H2. The highest BCUT2D eigenvalue weighted by molar-refractivity contribution is 9.10. The van der Waals surface area contributed by atoms with Gasteiger partial charge in [-0.3, -0.25) is 9.69 Å². The normalized spacial score (nSPS) is 21.1. The Kier molecular flexibility index (Phi) is 4.72. The number of ether oxygens (including phenoxy) is 1. The van der Waals surface area contributed by atoms with E-state index in [1.54, 1.807) is 17.0 Å². The summed E-state index contributed by atoms with van der Waals surface area (Å²) in [6, 6.07) is 13.3. The molecule has 2 aromatic rings. The van der Waals surface area contributed by atoms with E-state index in [1.165, 1.54) is 0 Å². The number of likely N-dealkylation sites (tertiary alicyclic amines) is 1. The Hall–Kier alpha value is -2.28. The number of hydrogen-bond donors (Lipinski definition) is 0. The summed E-state index contributed by atoms with van der Waals surface area (Å²) in [4.78, 5) is 28.4. The van der Waals surface area contributed by atoms with Gasteiger partial charge in [-0.05, 0) is 46.5 Å². The van der Waals surface area contributed by atoms with Gasteiger partial charge in [0.2, 0.25) is 0 Å². The molecule has 2 aliphatic heterocycles. The van der Waals surface area contributed by atoms with Gasteiger partial charge in [0.25, 0.3) is 5.91 Å². The maximum atomic E-state index is 12.5. The minimum atomic E-state index is -0.265.